The van der Waals surface area contributed by atoms with E-state index >= 15 is 0 Å². The predicted molar refractivity (Wildman–Crippen MR) is 203 cm³/mol. The summed E-state index contributed by atoms with van der Waals surface area (Å²) in [6.07, 6.45) is 6.73. The normalized spacial score (nSPS) is 24.9. The third-order valence-corrected chi connectivity index (χ3v) is 13.7. The number of amides is 4. The Morgan fingerprint density at radius 3 is 2.55 bits per heavy atom. The maximum Gasteiger partial charge on any atom is 0.408 e. The van der Waals surface area contributed by atoms with Crippen molar-refractivity contribution < 1.29 is 41.5 Å². The summed E-state index contributed by atoms with van der Waals surface area (Å²) in [6, 6.07) is 5.90. The van der Waals surface area contributed by atoms with Crippen LogP contribution in [0.5, 0.6) is 5.75 Å². The van der Waals surface area contributed by atoms with E-state index in [1.54, 1.807) is 19.9 Å². The molecule has 2 aliphatic heterocycles. The molecule has 16 heteroatoms. The van der Waals surface area contributed by atoms with Crippen molar-refractivity contribution >= 4 is 44.7 Å². The number of alkyl carbamates (subject to hydrolysis) is 1. The minimum Gasteiger partial charge on any atom is -0.487 e. The number of hydrogen-bond donors (Lipinski definition) is 3. The summed E-state index contributed by atoms with van der Waals surface area (Å²) in [6.45, 7) is 7.94. The first-order chi connectivity index (χ1) is 26.8. The number of ether oxygens (including phenoxy) is 2. The van der Waals surface area contributed by atoms with Crippen LogP contribution in [0.25, 0.3) is 22.3 Å². The summed E-state index contributed by atoms with van der Waals surface area (Å²) in [5, 5.41) is 5.47. The fourth-order valence-electron chi connectivity index (χ4n) is 8.45. The van der Waals surface area contributed by atoms with E-state index in [-0.39, 0.29) is 25.5 Å². The van der Waals surface area contributed by atoms with Crippen molar-refractivity contribution in [3.63, 3.8) is 0 Å². The van der Waals surface area contributed by atoms with E-state index in [9.17, 15) is 32.0 Å². The van der Waals surface area contributed by atoms with Crippen molar-refractivity contribution in [3.05, 3.63) is 60.6 Å². The summed E-state index contributed by atoms with van der Waals surface area (Å²) in [4.78, 5) is 61.8. The smallest absolute Gasteiger partial charge is 0.408 e. The summed E-state index contributed by atoms with van der Waals surface area (Å²) in [7, 11) is -3.92. The van der Waals surface area contributed by atoms with Gasteiger partial charge in [-0.3, -0.25) is 19.1 Å². The molecule has 298 valence electrons. The van der Waals surface area contributed by atoms with Gasteiger partial charge in [0, 0.05) is 42.1 Å². The molecule has 2 unspecified atom stereocenters. The minimum atomic E-state index is -3.92. The molecule has 4 heterocycles. The lowest BCUT2D eigenvalue weighted by molar-refractivity contribution is -0.141. The second-order valence-electron chi connectivity index (χ2n) is 16.1. The molecular formula is C40H47FN6O8S. The minimum absolute atomic E-state index is 0.00188. The van der Waals surface area contributed by atoms with Crippen LogP contribution in [0, 0.1) is 17.7 Å². The number of benzene rings is 1. The van der Waals surface area contributed by atoms with Crippen LogP contribution in [0.3, 0.4) is 0 Å². The lowest BCUT2D eigenvalue weighted by atomic mass is 9.99. The zero-order valence-corrected chi connectivity index (χ0v) is 32.3. The molecule has 3 aromatic rings. The summed E-state index contributed by atoms with van der Waals surface area (Å²) in [5.41, 5.74) is 1.13. The predicted octanol–water partition coefficient (Wildman–Crippen LogP) is 4.11. The van der Waals surface area contributed by atoms with Crippen molar-refractivity contribution in [2.45, 2.75) is 113 Å². The monoisotopic (exact) mass is 790 g/mol. The summed E-state index contributed by atoms with van der Waals surface area (Å²) < 4.78 is 56.7. The Morgan fingerprint density at radius 2 is 1.86 bits per heavy atom. The SMILES string of the molecule is C=CC1CC1(NC(=O)[C@@H]1C[C@@H](Oc2c3c(nc4cc(F)ccc24)-c2cccn2CC3)CN1C(=O)[C@@H](NC(=O)OC1CCCC1)C(C)C)C(=O)NS(=O)(=O)C1CC1. The molecule has 0 spiro atoms. The molecule has 4 fully saturated rings. The first kappa shape index (κ1) is 37.9. The van der Waals surface area contributed by atoms with Crippen LogP contribution in [0.2, 0.25) is 0 Å². The molecular weight excluding hydrogens is 744 g/mol. The van der Waals surface area contributed by atoms with Crippen LogP contribution in [0.1, 0.15) is 70.8 Å². The highest BCUT2D eigenvalue weighted by atomic mass is 32.2. The molecule has 0 bridgehead atoms. The van der Waals surface area contributed by atoms with E-state index < -0.39 is 80.5 Å². The Kier molecular flexibility index (Phi) is 9.82. The van der Waals surface area contributed by atoms with E-state index in [0.717, 1.165) is 36.9 Å². The summed E-state index contributed by atoms with van der Waals surface area (Å²) >= 11 is 0. The Bertz CT molecular complexity index is 2220. The standard InChI is InChI=1S/C40H47FN6O8S/c1-4-23-20-40(23,38(50)45-56(52,53)27-12-13-27)44-36(48)32-19-26(21-47(32)37(49)33(22(2)3)43-39(51)55-25-8-5-6-9-25)54-35-28-14-11-24(41)18-30(28)42-34-29(35)15-17-46-16-7-10-31(34)46/h4,7,10-11,14,16,18,22-23,25-27,32-33H,1,5-6,8-9,12-13,15,17,19-21H2,2-3H3,(H,43,51)(H,44,48)(H,45,50)/t23?,26-,32+,33+,40?/m1/s1. The molecule has 56 heavy (non-hydrogen) atoms. The number of sulfonamides is 1. The summed E-state index contributed by atoms with van der Waals surface area (Å²) in [5.74, 6) is -2.99. The zero-order chi connectivity index (χ0) is 39.5. The Hall–Kier alpha value is -4.99. The largest absolute Gasteiger partial charge is 0.487 e. The van der Waals surface area contributed by atoms with Crippen LogP contribution in [-0.4, -0.2) is 88.3 Å². The molecule has 4 amide bonds. The lowest BCUT2D eigenvalue weighted by Crippen LogP contribution is -2.59. The maximum atomic E-state index is 14.6. The molecule has 8 rings (SSSR count). The van der Waals surface area contributed by atoms with E-state index in [4.69, 9.17) is 14.5 Å². The molecule has 0 radical (unpaired) electrons. The first-order valence-electron chi connectivity index (χ1n) is 19.5. The molecule has 3 saturated carbocycles. The van der Waals surface area contributed by atoms with Gasteiger partial charge in [-0.05, 0) is 81.5 Å². The number of aryl methyl sites for hydroxylation is 1. The van der Waals surface area contributed by atoms with Crippen molar-refractivity contribution in [3.8, 4) is 17.1 Å². The molecule has 3 N–H and O–H groups in total. The molecule has 2 aromatic heterocycles. The molecule has 1 aromatic carbocycles. The fourth-order valence-corrected chi connectivity index (χ4v) is 9.82. The van der Waals surface area contributed by atoms with Gasteiger partial charge in [-0.1, -0.05) is 19.9 Å². The van der Waals surface area contributed by atoms with Gasteiger partial charge in [0.2, 0.25) is 21.8 Å². The number of likely N-dealkylation sites (tertiary alicyclic amines) is 1. The molecule has 5 atom stereocenters. The average molecular weight is 791 g/mol. The van der Waals surface area contributed by atoms with Gasteiger partial charge in [0.25, 0.3) is 5.91 Å². The third kappa shape index (κ3) is 7.11. The second-order valence-corrected chi connectivity index (χ2v) is 18.1. The van der Waals surface area contributed by atoms with E-state index in [1.807, 2.05) is 18.3 Å². The number of carbonyl (C=O) groups excluding carboxylic acids is 4. The first-order valence-corrected chi connectivity index (χ1v) is 21.0. The van der Waals surface area contributed by atoms with Crippen molar-refractivity contribution in [2.75, 3.05) is 6.54 Å². The number of hydrogen-bond acceptors (Lipinski definition) is 9. The van der Waals surface area contributed by atoms with Gasteiger partial charge in [-0.2, -0.15) is 0 Å². The van der Waals surface area contributed by atoms with Gasteiger partial charge in [0.15, 0.2) is 0 Å². The number of carbonyl (C=O) groups is 4. The number of rotatable bonds is 12. The highest BCUT2D eigenvalue weighted by Crippen LogP contribution is 2.46. The number of nitrogens with one attached hydrogen (secondary N) is 3. The lowest BCUT2D eigenvalue weighted by Gasteiger charge is -2.31. The molecule has 3 aliphatic carbocycles. The van der Waals surface area contributed by atoms with E-state index in [0.29, 0.717) is 48.2 Å². The van der Waals surface area contributed by atoms with Crippen LogP contribution < -0.4 is 20.1 Å². The van der Waals surface area contributed by atoms with Gasteiger partial charge < -0.3 is 29.6 Å². The quantitative estimate of drug-likeness (QED) is 0.228. The zero-order valence-electron chi connectivity index (χ0n) is 31.5. The Balaban J connectivity index is 1.11. The number of pyridine rings is 1. The number of halogens is 1. The highest BCUT2D eigenvalue weighted by Gasteiger charge is 2.62. The van der Waals surface area contributed by atoms with Gasteiger partial charge in [-0.25, -0.2) is 22.6 Å². The van der Waals surface area contributed by atoms with Crippen LogP contribution >= 0.6 is 0 Å². The topological polar surface area (TPSA) is 178 Å². The maximum absolute atomic E-state index is 14.6. The van der Waals surface area contributed by atoms with Crippen molar-refractivity contribution in [1.29, 1.82) is 0 Å². The third-order valence-electron chi connectivity index (χ3n) is 11.8. The Labute approximate surface area is 324 Å². The molecule has 5 aliphatic rings. The molecule has 1 saturated heterocycles. The van der Waals surface area contributed by atoms with Gasteiger partial charge >= 0.3 is 6.09 Å². The second kappa shape index (κ2) is 14.5. The van der Waals surface area contributed by atoms with Crippen LogP contribution in [0.4, 0.5) is 9.18 Å². The van der Waals surface area contributed by atoms with Gasteiger partial charge in [-0.15, -0.1) is 6.58 Å². The fraction of sp³-hybridized carbons (Fsp3) is 0.525. The van der Waals surface area contributed by atoms with E-state index in [1.165, 1.54) is 23.1 Å². The Morgan fingerprint density at radius 1 is 1.09 bits per heavy atom. The number of fused-ring (bicyclic) bond motifs is 4. The average Bonchev–Trinajstić information content (AvgIpc) is 3.93. The number of nitrogens with zero attached hydrogens (tertiary/aromatic N) is 3. The number of aromatic nitrogens is 2. The van der Waals surface area contributed by atoms with Crippen molar-refractivity contribution in [1.82, 2.24) is 29.8 Å². The van der Waals surface area contributed by atoms with Gasteiger partial charge in [0.05, 0.1) is 28.7 Å². The van der Waals surface area contributed by atoms with Crippen LogP contribution in [0.15, 0.2) is 49.2 Å². The van der Waals surface area contributed by atoms with Gasteiger partial charge in [0.1, 0.15) is 41.4 Å². The molecule has 14 nitrogen and oxygen atoms in total. The van der Waals surface area contributed by atoms with Crippen LogP contribution in [-0.2, 0) is 42.1 Å². The highest BCUT2D eigenvalue weighted by molar-refractivity contribution is 7.91. The van der Waals surface area contributed by atoms with E-state index in [2.05, 4.69) is 26.5 Å². The van der Waals surface area contributed by atoms with Crippen molar-refractivity contribution in [2.24, 2.45) is 11.8 Å².